The second kappa shape index (κ2) is 7.14. The maximum atomic E-state index is 13.6. The number of halogens is 1. The van der Waals surface area contributed by atoms with Crippen LogP contribution >= 0.6 is 0 Å². The number of hydrogen-bond acceptors (Lipinski definition) is 4. The molecule has 2 N–H and O–H groups in total. The van der Waals surface area contributed by atoms with E-state index in [9.17, 15) is 9.18 Å². The summed E-state index contributed by atoms with van der Waals surface area (Å²) in [4.78, 5) is 20.5. The van der Waals surface area contributed by atoms with E-state index < -0.39 is 5.82 Å². The molecule has 3 aromatic rings. The van der Waals surface area contributed by atoms with Gasteiger partial charge in [-0.3, -0.25) is 14.8 Å². The number of hydrogen-bond donors (Lipinski definition) is 2. The van der Waals surface area contributed by atoms with Gasteiger partial charge < -0.3 is 10.4 Å². The van der Waals surface area contributed by atoms with Gasteiger partial charge in [0.2, 0.25) is 0 Å². The molecule has 24 heavy (non-hydrogen) atoms. The Hall–Kier alpha value is -2.86. The molecule has 0 fully saturated rings. The van der Waals surface area contributed by atoms with Crippen LogP contribution in [0.25, 0.3) is 11.0 Å². The highest BCUT2D eigenvalue weighted by Crippen LogP contribution is 2.16. The lowest BCUT2D eigenvalue weighted by atomic mass is 10.1. The molecule has 0 aliphatic heterocycles. The van der Waals surface area contributed by atoms with Crippen molar-refractivity contribution in [1.82, 2.24) is 15.3 Å². The number of nitrogens with one attached hydrogen (secondary N) is 1. The number of benzene rings is 2. The minimum atomic E-state index is -0.521. The SMILES string of the molecule is O=C(NCCc1ccc(CO)cc1)c1cc(F)cc2nccnc12. The summed E-state index contributed by atoms with van der Waals surface area (Å²) in [6.07, 6.45) is 3.57. The van der Waals surface area contributed by atoms with Crippen molar-refractivity contribution in [3.8, 4) is 0 Å². The molecule has 6 heteroatoms. The van der Waals surface area contributed by atoms with E-state index in [1.54, 1.807) is 0 Å². The molecule has 0 aliphatic rings. The molecule has 0 radical (unpaired) electrons. The fraction of sp³-hybridized carbons (Fsp3) is 0.167. The van der Waals surface area contributed by atoms with Crippen LogP contribution in [0.2, 0.25) is 0 Å². The van der Waals surface area contributed by atoms with Gasteiger partial charge in [-0.2, -0.15) is 0 Å². The fourth-order valence-electron chi connectivity index (χ4n) is 2.44. The summed E-state index contributed by atoms with van der Waals surface area (Å²) in [5, 5.41) is 11.8. The van der Waals surface area contributed by atoms with Crippen molar-refractivity contribution in [3.63, 3.8) is 0 Å². The number of aliphatic hydroxyl groups is 1. The van der Waals surface area contributed by atoms with Crippen LogP contribution in [0, 0.1) is 5.82 Å². The molecule has 0 bridgehead atoms. The molecule has 0 spiro atoms. The quantitative estimate of drug-likeness (QED) is 0.754. The topological polar surface area (TPSA) is 75.1 Å². The molecule has 1 heterocycles. The van der Waals surface area contributed by atoms with E-state index in [0.717, 1.165) is 11.1 Å². The Morgan fingerprint density at radius 3 is 2.54 bits per heavy atom. The van der Waals surface area contributed by atoms with Crippen LogP contribution in [0.3, 0.4) is 0 Å². The fourth-order valence-corrected chi connectivity index (χ4v) is 2.44. The van der Waals surface area contributed by atoms with Crippen LogP contribution in [-0.4, -0.2) is 27.5 Å². The number of carbonyl (C=O) groups excluding carboxylic acids is 1. The van der Waals surface area contributed by atoms with Crippen LogP contribution < -0.4 is 5.32 Å². The lowest BCUT2D eigenvalue weighted by Gasteiger charge is -2.08. The molecule has 3 rings (SSSR count). The number of amides is 1. The number of aliphatic hydroxyl groups excluding tert-OH is 1. The molecule has 1 aromatic heterocycles. The van der Waals surface area contributed by atoms with Crippen molar-refractivity contribution in [3.05, 3.63) is 71.3 Å². The summed E-state index contributed by atoms with van der Waals surface area (Å²) < 4.78 is 13.6. The number of rotatable bonds is 5. The largest absolute Gasteiger partial charge is 0.392 e. The summed E-state index contributed by atoms with van der Waals surface area (Å²) in [6, 6.07) is 9.91. The van der Waals surface area contributed by atoms with Crippen molar-refractivity contribution < 1.29 is 14.3 Å². The van der Waals surface area contributed by atoms with E-state index in [1.807, 2.05) is 24.3 Å². The second-order valence-corrected chi connectivity index (χ2v) is 5.36. The van der Waals surface area contributed by atoms with Crippen molar-refractivity contribution in [2.75, 3.05) is 6.54 Å². The van der Waals surface area contributed by atoms with Crippen molar-refractivity contribution >= 4 is 16.9 Å². The Labute approximate surface area is 138 Å². The first kappa shape index (κ1) is 16.0. The number of nitrogens with zero attached hydrogens (tertiary/aromatic N) is 2. The van der Waals surface area contributed by atoms with Crippen LogP contribution in [0.15, 0.2) is 48.8 Å². The maximum absolute atomic E-state index is 13.6. The Bertz CT molecular complexity index is 866. The van der Waals surface area contributed by atoms with E-state index in [1.165, 1.54) is 24.5 Å². The smallest absolute Gasteiger partial charge is 0.253 e. The monoisotopic (exact) mass is 325 g/mol. The van der Waals surface area contributed by atoms with Gasteiger partial charge in [-0.25, -0.2) is 4.39 Å². The normalized spacial score (nSPS) is 10.8. The molecule has 1 amide bonds. The molecule has 0 saturated heterocycles. The summed E-state index contributed by atoms with van der Waals surface area (Å²) in [7, 11) is 0. The van der Waals surface area contributed by atoms with Crippen molar-refractivity contribution in [1.29, 1.82) is 0 Å². The molecule has 5 nitrogen and oxygen atoms in total. The van der Waals surface area contributed by atoms with Gasteiger partial charge in [-0.1, -0.05) is 24.3 Å². The zero-order chi connectivity index (χ0) is 16.9. The van der Waals surface area contributed by atoms with Gasteiger partial charge in [0.1, 0.15) is 11.3 Å². The predicted molar refractivity (Wildman–Crippen MR) is 87.9 cm³/mol. The molecule has 0 atom stereocenters. The highest BCUT2D eigenvalue weighted by molar-refractivity contribution is 6.04. The lowest BCUT2D eigenvalue weighted by molar-refractivity contribution is 0.0955. The van der Waals surface area contributed by atoms with Gasteiger partial charge in [-0.15, -0.1) is 0 Å². The third kappa shape index (κ3) is 3.55. The highest BCUT2D eigenvalue weighted by atomic mass is 19.1. The zero-order valence-corrected chi connectivity index (χ0v) is 12.9. The average molecular weight is 325 g/mol. The van der Waals surface area contributed by atoms with Crippen molar-refractivity contribution in [2.24, 2.45) is 0 Å². The third-order valence-electron chi connectivity index (χ3n) is 3.69. The second-order valence-electron chi connectivity index (χ2n) is 5.36. The van der Waals surface area contributed by atoms with Crippen LogP contribution in [-0.2, 0) is 13.0 Å². The van der Waals surface area contributed by atoms with E-state index in [-0.39, 0.29) is 18.1 Å². The van der Waals surface area contributed by atoms with Gasteiger partial charge >= 0.3 is 0 Å². The predicted octanol–water partition coefficient (Wildman–Crippen LogP) is 2.23. The summed E-state index contributed by atoms with van der Waals surface area (Å²) in [5.74, 6) is -0.903. The lowest BCUT2D eigenvalue weighted by Crippen LogP contribution is -2.26. The Kier molecular flexibility index (Phi) is 4.77. The minimum absolute atomic E-state index is 0.00466. The first-order valence-corrected chi connectivity index (χ1v) is 7.54. The molecular formula is C18H16FN3O2. The molecule has 0 saturated carbocycles. The Morgan fingerprint density at radius 2 is 1.79 bits per heavy atom. The van der Waals surface area contributed by atoms with Crippen LogP contribution in [0.4, 0.5) is 4.39 Å². The number of aromatic nitrogens is 2. The standard InChI is InChI=1S/C18H16FN3O2/c19-14-9-15(17-16(10-14)20-7-8-21-17)18(24)22-6-5-12-1-3-13(11-23)4-2-12/h1-4,7-10,23H,5-6,11H2,(H,22,24). The van der Waals surface area contributed by atoms with Gasteiger partial charge in [0.25, 0.3) is 5.91 Å². The summed E-state index contributed by atoms with van der Waals surface area (Å²) in [6.45, 7) is 0.417. The Morgan fingerprint density at radius 1 is 1.08 bits per heavy atom. The van der Waals surface area contributed by atoms with Gasteiger partial charge in [0, 0.05) is 25.0 Å². The molecular weight excluding hydrogens is 309 g/mol. The van der Waals surface area contributed by atoms with Crippen LogP contribution in [0.1, 0.15) is 21.5 Å². The van der Waals surface area contributed by atoms with Gasteiger partial charge in [-0.05, 0) is 23.6 Å². The summed E-state index contributed by atoms with van der Waals surface area (Å²) in [5.41, 5.74) is 2.78. The highest BCUT2D eigenvalue weighted by Gasteiger charge is 2.13. The molecule has 2 aromatic carbocycles. The average Bonchev–Trinajstić information content (AvgIpc) is 2.61. The third-order valence-corrected chi connectivity index (χ3v) is 3.69. The summed E-state index contributed by atoms with van der Waals surface area (Å²) >= 11 is 0. The van der Waals surface area contributed by atoms with Crippen molar-refractivity contribution in [2.45, 2.75) is 13.0 Å². The van der Waals surface area contributed by atoms with Gasteiger partial charge in [0.05, 0.1) is 17.7 Å². The first-order chi connectivity index (χ1) is 11.7. The van der Waals surface area contributed by atoms with E-state index in [4.69, 9.17) is 5.11 Å². The molecule has 0 unspecified atom stereocenters. The molecule has 0 aliphatic carbocycles. The van der Waals surface area contributed by atoms with Crippen LogP contribution in [0.5, 0.6) is 0 Å². The minimum Gasteiger partial charge on any atom is -0.392 e. The zero-order valence-electron chi connectivity index (χ0n) is 12.9. The number of fused-ring (bicyclic) bond motifs is 1. The Balaban J connectivity index is 1.69. The van der Waals surface area contributed by atoms with E-state index in [2.05, 4.69) is 15.3 Å². The van der Waals surface area contributed by atoms with Gasteiger partial charge in [0.15, 0.2) is 0 Å². The number of carbonyl (C=O) groups is 1. The molecule has 122 valence electrons. The maximum Gasteiger partial charge on any atom is 0.253 e. The first-order valence-electron chi connectivity index (χ1n) is 7.54. The van der Waals surface area contributed by atoms with E-state index >= 15 is 0 Å². The van der Waals surface area contributed by atoms with E-state index in [0.29, 0.717) is 24.0 Å².